The molecule has 2 aliphatic heterocycles. The lowest BCUT2D eigenvalue weighted by molar-refractivity contribution is 0.163. The molecule has 9 nitrogen and oxygen atoms in total. The zero-order valence-electron chi connectivity index (χ0n) is 17.5. The number of nitrogens with zero attached hydrogens (tertiary/aromatic N) is 3. The van der Waals surface area contributed by atoms with Crippen LogP contribution in [-0.2, 0) is 4.74 Å². The highest BCUT2D eigenvalue weighted by atomic mass is 16.6. The lowest BCUT2D eigenvalue weighted by Gasteiger charge is -2.07. The summed E-state index contributed by atoms with van der Waals surface area (Å²) in [4.78, 5) is 37.0. The van der Waals surface area contributed by atoms with Gasteiger partial charge in [0, 0.05) is 47.3 Å². The summed E-state index contributed by atoms with van der Waals surface area (Å²) in [5.74, 6) is 0. The molecular formula is C18H37N5O4. The molecule has 2 saturated heterocycles. The van der Waals surface area contributed by atoms with E-state index in [2.05, 4.69) is 29.2 Å². The van der Waals surface area contributed by atoms with Crippen molar-refractivity contribution in [1.82, 2.24) is 25.3 Å². The molecule has 2 N–H and O–H groups in total. The van der Waals surface area contributed by atoms with Gasteiger partial charge in [0.1, 0.15) is 6.61 Å². The molecule has 0 spiro atoms. The molecule has 0 aromatic heterocycles. The summed E-state index contributed by atoms with van der Waals surface area (Å²) >= 11 is 0. The summed E-state index contributed by atoms with van der Waals surface area (Å²) < 4.78 is 4.55. The van der Waals surface area contributed by atoms with E-state index >= 15 is 0 Å². The fraction of sp³-hybridized carbons (Fsp3) is 0.833. The third kappa shape index (κ3) is 11.9. The Hall–Kier alpha value is -2.19. The summed E-state index contributed by atoms with van der Waals surface area (Å²) in [6.45, 7) is 8.81. The number of hydrogen-bond acceptors (Lipinski definition) is 4. The highest BCUT2D eigenvalue weighted by Gasteiger charge is 2.20. The Bertz CT molecular complexity index is 423. The van der Waals surface area contributed by atoms with E-state index in [0.717, 1.165) is 58.4 Å². The number of ether oxygens (including phenoxy) is 1. The summed E-state index contributed by atoms with van der Waals surface area (Å²) in [5, 5.41) is 5.58. The van der Waals surface area contributed by atoms with Crippen LogP contribution in [0.1, 0.15) is 39.5 Å². The molecule has 2 heterocycles. The normalized spacial score (nSPS) is 15.5. The van der Waals surface area contributed by atoms with E-state index in [1.807, 2.05) is 14.1 Å². The van der Waals surface area contributed by atoms with Crippen molar-refractivity contribution in [2.24, 2.45) is 0 Å². The molecule has 0 saturated carbocycles. The number of carbonyl (C=O) groups excluding carboxylic acids is 3. The number of amides is 5. The second-order valence-corrected chi connectivity index (χ2v) is 6.55. The van der Waals surface area contributed by atoms with Crippen molar-refractivity contribution in [3.63, 3.8) is 0 Å². The van der Waals surface area contributed by atoms with E-state index in [0.29, 0.717) is 6.61 Å². The van der Waals surface area contributed by atoms with Crippen LogP contribution in [0.4, 0.5) is 14.4 Å². The molecule has 2 fully saturated rings. The van der Waals surface area contributed by atoms with Crippen molar-refractivity contribution < 1.29 is 19.1 Å². The van der Waals surface area contributed by atoms with Crippen molar-refractivity contribution in [2.75, 3.05) is 60.5 Å². The van der Waals surface area contributed by atoms with Crippen LogP contribution in [0.15, 0.2) is 0 Å². The van der Waals surface area contributed by atoms with Gasteiger partial charge in [-0.3, -0.25) is 0 Å². The second kappa shape index (κ2) is 14.9. The molecule has 0 aromatic rings. The van der Waals surface area contributed by atoms with Crippen LogP contribution in [0.3, 0.4) is 0 Å². The Morgan fingerprint density at radius 2 is 1.37 bits per heavy atom. The van der Waals surface area contributed by atoms with Gasteiger partial charge in [-0.1, -0.05) is 26.7 Å². The number of nitrogens with one attached hydrogen (secondary N) is 2. The minimum Gasteiger partial charge on any atom is -0.448 e. The monoisotopic (exact) mass is 387 g/mol. The van der Waals surface area contributed by atoms with Crippen molar-refractivity contribution in [3.8, 4) is 0 Å². The van der Waals surface area contributed by atoms with Crippen LogP contribution in [0, 0.1) is 0 Å². The van der Waals surface area contributed by atoms with Crippen molar-refractivity contribution >= 4 is 18.2 Å². The number of rotatable bonds is 6. The fourth-order valence-electron chi connectivity index (χ4n) is 2.07. The van der Waals surface area contributed by atoms with E-state index in [4.69, 9.17) is 0 Å². The van der Waals surface area contributed by atoms with Crippen molar-refractivity contribution in [2.45, 2.75) is 39.5 Å². The number of carbonyl (C=O) groups is 3. The highest BCUT2D eigenvalue weighted by Crippen LogP contribution is 2.00. The topological polar surface area (TPSA) is 94.2 Å². The molecule has 0 unspecified atom stereocenters. The first-order chi connectivity index (χ1) is 12.8. The predicted octanol–water partition coefficient (Wildman–Crippen LogP) is 1.94. The van der Waals surface area contributed by atoms with Gasteiger partial charge in [0.05, 0.1) is 6.54 Å². The number of urea groups is 2. The van der Waals surface area contributed by atoms with Crippen LogP contribution < -0.4 is 10.6 Å². The van der Waals surface area contributed by atoms with E-state index in [1.165, 1.54) is 0 Å². The molecule has 158 valence electrons. The number of hydrogen-bond donors (Lipinski definition) is 2. The van der Waals surface area contributed by atoms with Gasteiger partial charge in [-0.05, 0) is 12.8 Å². The molecule has 2 rings (SSSR count). The maximum Gasteiger partial charge on any atom is 0.409 e. The van der Waals surface area contributed by atoms with E-state index < -0.39 is 0 Å². The van der Waals surface area contributed by atoms with Gasteiger partial charge in [0.2, 0.25) is 0 Å². The molecular weight excluding hydrogens is 350 g/mol. The summed E-state index contributed by atoms with van der Waals surface area (Å²) in [6, 6.07) is 0.0990. The largest absolute Gasteiger partial charge is 0.448 e. The Balaban J connectivity index is 0.000000391. The summed E-state index contributed by atoms with van der Waals surface area (Å²) in [6.07, 6.45) is 4.15. The number of unbranched alkanes of at least 4 members (excludes halogenated alkanes) is 2. The zero-order chi connectivity index (χ0) is 20.7. The Kier molecular flexibility index (Phi) is 13.7. The molecule has 0 atom stereocenters. The molecule has 0 bridgehead atoms. The standard InChI is InChI=1S/C9H20N2O.C5H10N2O.C4H7NO2/c1-3-5-7-10-9(12)11-8-6-4-2;1-6-3-4-7(2)5(6)8;1-5-2-3-7-4(5)6/h3-8H2,1-2H3,(H2,10,11,12);3-4H2,1-2H3;2-3H2,1H3. The molecule has 27 heavy (non-hydrogen) atoms. The van der Waals surface area contributed by atoms with Crippen LogP contribution in [0.2, 0.25) is 0 Å². The lowest BCUT2D eigenvalue weighted by atomic mass is 10.3. The molecule has 9 heteroatoms. The summed E-state index contributed by atoms with van der Waals surface area (Å²) in [5.41, 5.74) is 0. The number of likely N-dealkylation sites (N-methyl/N-ethyl adjacent to an activating group) is 3. The Morgan fingerprint density at radius 1 is 0.889 bits per heavy atom. The second-order valence-electron chi connectivity index (χ2n) is 6.55. The maximum absolute atomic E-state index is 11.0. The van der Waals surface area contributed by atoms with Gasteiger partial charge in [0.25, 0.3) is 0 Å². The molecule has 0 aliphatic carbocycles. The lowest BCUT2D eigenvalue weighted by Crippen LogP contribution is -2.36. The molecule has 2 aliphatic rings. The van der Waals surface area contributed by atoms with Gasteiger partial charge in [-0.15, -0.1) is 0 Å². The number of cyclic esters (lactones) is 1. The van der Waals surface area contributed by atoms with E-state index in [9.17, 15) is 14.4 Å². The first kappa shape index (κ1) is 24.8. The first-order valence-corrected chi connectivity index (χ1v) is 9.69. The van der Waals surface area contributed by atoms with Gasteiger partial charge in [-0.2, -0.15) is 0 Å². The average Bonchev–Trinajstić information content (AvgIpc) is 3.16. The minimum absolute atomic E-state index is 0.0306. The van der Waals surface area contributed by atoms with E-state index in [-0.39, 0.29) is 18.2 Å². The third-order valence-electron chi connectivity index (χ3n) is 4.02. The first-order valence-electron chi connectivity index (χ1n) is 9.69. The van der Waals surface area contributed by atoms with Crippen LogP contribution in [0.5, 0.6) is 0 Å². The quantitative estimate of drug-likeness (QED) is 0.681. The van der Waals surface area contributed by atoms with Gasteiger partial charge in [-0.25, -0.2) is 14.4 Å². The molecule has 5 amide bonds. The SMILES string of the molecule is CCCCNC(=O)NCCCC.CN1CCN(C)C1=O.CN1CCOC1=O. The van der Waals surface area contributed by atoms with Crippen molar-refractivity contribution in [1.29, 1.82) is 0 Å². The van der Waals surface area contributed by atoms with Crippen molar-refractivity contribution in [3.05, 3.63) is 0 Å². The zero-order valence-corrected chi connectivity index (χ0v) is 17.5. The minimum atomic E-state index is -0.208. The van der Waals surface area contributed by atoms with Gasteiger partial charge in [0.15, 0.2) is 0 Å². The predicted molar refractivity (Wildman–Crippen MR) is 106 cm³/mol. The maximum atomic E-state index is 11.0. The third-order valence-corrected chi connectivity index (χ3v) is 4.02. The van der Waals surface area contributed by atoms with Gasteiger partial charge >= 0.3 is 18.2 Å². The summed E-state index contributed by atoms with van der Waals surface area (Å²) in [7, 11) is 5.34. The average molecular weight is 388 g/mol. The Labute approximate surface area is 163 Å². The smallest absolute Gasteiger partial charge is 0.409 e. The van der Waals surface area contributed by atoms with Crippen LogP contribution in [-0.4, -0.2) is 93.3 Å². The molecule has 0 aromatic carbocycles. The highest BCUT2D eigenvalue weighted by molar-refractivity contribution is 5.75. The Morgan fingerprint density at radius 3 is 1.59 bits per heavy atom. The van der Waals surface area contributed by atoms with Gasteiger partial charge < -0.3 is 30.1 Å². The van der Waals surface area contributed by atoms with Crippen LogP contribution >= 0.6 is 0 Å². The fourth-order valence-corrected chi connectivity index (χ4v) is 2.07. The molecule has 0 radical (unpaired) electrons. The van der Waals surface area contributed by atoms with Crippen LogP contribution in [0.25, 0.3) is 0 Å². The van der Waals surface area contributed by atoms with E-state index in [1.54, 1.807) is 21.7 Å².